The van der Waals surface area contributed by atoms with Crippen LogP contribution in [-0.4, -0.2) is 5.91 Å². The first-order valence-corrected chi connectivity index (χ1v) is 7.09. The minimum atomic E-state index is -0.386. The molecule has 0 aliphatic carbocycles. The van der Waals surface area contributed by atoms with Crippen molar-refractivity contribution in [3.05, 3.63) is 69.4 Å². The van der Waals surface area contributed by atoms with Gasteiger partial charge in [-0.05, 0) is 43.7 Å². The van der Waals surface area contributed by atoms with Crippen molar-refractivity contribution < 1.29 is 9.18 Å². The van der Waals surface area contributed by atoms with E-state index in [1.807, 2.05) is 13.0 Å². The van der Waals surface area contributed by atoms with Crippen LogP contribution < -0.4 is 5.32 Å². The predicted octanol–water partition coefficient (Wildman–Crippen LogP) is 4.39. The fourth-order valence-corrected chi connectivity index (χ4v) is 2.66. The third-order valence-corrected chi connectivity index (χ3v) is 3.48. The summed E-state index contributed by atoms with van der Waals surface area (Å²) in [5.41, 5.74) is 2.02. The highest BCUT2D eigenvalue weighted by atomic mass is 79.9. The number of amides is 1. The summed E-state index contributed by atoms with van der Waals surface area (Å²) in [4.78, 5) is 12.2. The van der Waals surface area contributed by atoms with Crippen molar-refractivity contribution in [3.63, 3.8) is 0 Å². The van der Waals surface area contributed by atoms with Crippen molar-refractivity contribution in [1.82, 2.24) is 5.32 Å². The average Bonchev–Trinajstić information content (AvgIpc) is 2.37. The minimum absolute atomic E-state index is 0.217. The van der Waals surface area contributed by atoms with E-state index < -0.39 is 0 Å². The zero-order valence-corrected chi connectivity index (χ0v) is 12.9. The van der Waals surface area contributed by atoms with Gasteiger partial charge >= 0.3 is 0 Å². The lowest BCUT2D eigenvalue weighted by Crippen LogP contribution is -2.27. The first-order valence-electron chi connectivity index (χ1n) is 6.30. The van der Waals surface area contributed by atoms with Gasteiger partial charge in [-0.1, -0.05) is 34.1 Å². The Morgan fingerprint density at radius 3 is 2.60 bits per heavy atom. The molecule has 2 rings (SSSR count). The van der Waals surface area contributed by atoms with Gasteiger partial charge in [0.2, 0.25) is 0 Å². The van der Waals surface area contributed by atoms with E-state index in [1.54, 1.807) is 37.3 Å². The number of carbonyl (C=O) groups is 1. The Hall–Kier alpha value is -1.68. The van der Waals surface area contributed by atoms with Crippen LogP contribution in [0.4, 0.5) is 4.39 Å². The lowest BCUT2D eigenvalue weighted by Gasteiger charge is -2.15. The molecule has 2 aromatic carbocycles. The molecule has 0 spiro atoms. The van der Waals surface area contributed by atoms with Gasteiger partial charge in [0.15, 0.2) is 0 Å². The largest absolute Gasteiger partial charge is 0.345 e. The fourth-order valence-electron chi connectivity index (χ4n) is 2.05. The molecule has 0 bridgehead atoms. The standard InChI is InChI=1S/C16H15BrFNO/c1-10-7-12(9-13(17)8-10)16(20)19-11(2)14-5-3-4-6-15(14)18/h3-9,11H,1-2H3,(H,19,20). The smallest absolute Gasteiger partial charge is 0.251 e. The maximum Gasteiger partial charge on any atom is 0.251 e. The molecule has 0 radical (unpaired) electrons. The second-order valence-electron chi connectivity index (χ2n) is 4.73. The van der Waals surface area contributed by atoms with Gasteiger partial charge in [0.25, 0.3) is 5.91 Å². The van der Waals surface area contributed by atoms with Gasteiger partial charge in [0.1, 0.15) is 5.82 Å². The average molecular weight is 336 g/mol. The maximum atomic E-state index is 13.7. The quantitative estimate of drug-likeness (QED) is 0.885. The van der Waals surface area contributed by atoms with Crippen molar-refractivity contribution in [2.45, 2.75) is 19.9 Å². The summed E-state index contributed by atoms with van der Waals surface area (Å²) in [5.74, 6) is -0.532. The van der Waals surface area contributed by atoms with Crippen LogP contribution in [0.15, 0.2) is 46.9 Å². The molecule has 0 fully saturated rings. The topological polar surface area (TPSA) is 29.1 Å². The van der Waals surface area contributed by atoms with Gasteiger partial charge in [0, 0.05) is 15.6 Å². The Labute approximate surface area is 126 Å². The molecule has 0 saturated heterocycles. The monoisotopic (exact) mass is 335 g/mol. The molecule has 2 aromatic rings. The fraction of sp³-hybridized carbons (Fsp3) is 0.188. The number of aryl methyl sites for hydroxylation is 1. The highest BCUT2D eigenvalue weighted by molar-refractivity contribution is 9.10. The Bertz CT molecular complexity index is 622. The summed E-state index contributed by atoms with van der Waals surface area (Å²) in [6.07, 6.45) is 0. The SMILES string of the molecule is Cc1cc(Br)cc(C(=O)NC(C)c2ccccc2F)c1. The zero-order valence-electron chi connectivity index (χ0n) is 11.3. The van der Waals surface area contributed by atoms with Crippen LogP contribution in [0.1, 0.15) is 34.5 Å². The molecule has 0 aromatic heterocycles. The lowest BCUT2D eigenvalue weighted by molar-refractivity contribution is 0.0939. The van der Waals surface area contributed by atoms with E-state index in [1.165, 1.54) is 6.07 Å². The second-order valence-corrected chi connectivity index (χ2v) is 5.65. The summed E-state index contributed by atoms with van der Waals surface area (Å²) in [7, 11) is 0. The van der Waals surface area contributed by atoms with Crippen LogP contribution in [0.5, 0.6) is 0 Å². The van der Waals surface area contributed by atoms with E-state index in [9.17, 15) is 9.18 Å². The first kappa shape index (κ1) is 14.7. The number of hydrogen-bond acceptors (Lipinski definition) is 1. The minimum Gasteiger partial charge on any atom is -0.345 e. The van der Waals surface area contributed by atoms with E-state index in [2.05, 4.69) is 21.2 Å². The van der Waals surface area contributed by atoms with Crippen LogP contribution in [0.2, 0.25) is 0 Å². The maximum absolute atomic E-state index is 13.7. The number of rotatable bonds is 3. The molecule has 1 unspecified atom stereocenters. The molecule has 4 heteroatoms. The first-order chi connectivity index (χ1) is 9.47. The number of halogens is 2. The molecule has 2 nitrogen and oxygen atoms in total. The van der Waals surface area contributed by atoms with Crippen molar-refractivity contribution in [3.8, 4) is 0 Å². The zero-order chi connectivity index (χ0) is 14.7. The van der Waals surface area contributed by atoms with E-state index in [4.69, 9.17) is 0 Å². The van der Waals surface area contributed by atoms with E-state index in [0.717, 1.165) is 10.0 Å². The molecular formula is C16H15BrFNO. The number of nitrogens with one attached hydrogen (secondary N) is 1. The summed E-state index contributed by atoms with van der Waals surface area (Å²) in [6.45, 7) is 3.68. The Balaban J connectivity index is 2.17. The van der Waals surface area contributed by atoms with Gasteiger partial charge in [-0.15, -0.1) is 0 Å². The summed E-state index contributed by atoms with van der Waals surface area (Å²) >= 11 is 3.36. The van der Waals surface area contributed by atoms with Crippen LogP contribution in [-0.2, 0) is 0 Å². The van der Waals surface area contributed by atoms with Crippen LogP contribution in [0, 0.1) is 12.7 Å². The van der Waals surface area contributed by atoms with Crippen molar-refractivity contribution in [2.75, 3.05) is 0 Å². The van der Waals surface area contributed by atoms with E-state index in [-0.39, 0.29) is 17.8 Å². The molecule has 0 saturated carbocycles. The van der Waals surface area contributed by atoms with Crippen LogP contribution in [0.3, 0.4) is 0 Å². The Morgan fingerprint density at radius 1 is 1.25 bits per heavy atom. The summed E-state index contributed by atoms with van der Waals surface area (Å²) in [6, 6.07) is 11.5. The van der Waals surface area contributed by atoms with Gasteiger partial charge in [0.05, 0.1) is 6.04 Å². The third-order valence-electron chi connectivity index (χ3n) is 3.02. The molecule has 20 heavy (non-hydrogen) atoms. The molecule has 1 atom stereocenters. The summed E-state index contributed by atoms with van der Waals surface area (Å²) in [5, 5.41) is 2.81. The van der Waals surface area contributed by atoms with Crippen molar-refractivity contribution >= 4 is 21.8 Å². The van der Waals surface area contributed by atoms with Crippen LogP contribution in [0.25, 0.3) is 0 Å². The molecule has 104 valence electrons. The van der Waals surface area contributed by atoms with E-state index >= 15 is 0 Å². The third kappa shape index (κ3) is 3.45. The number of hydrogen-bond donors (Lipinski definition) is 1. The molecule has 0 heterocycles. The van der Waals surface area contributed by atoms with Gasteiger partial charge < -0.3 is 5.32 Å². The van der Waals surface area contributed by atoms with Crippen molar-refractivity contribution in [2.24, 2.45) is 0 Å². The van der Waals surface area contributed by atoms with E-state index in [0.29, 0.717) is 11.1 Å². The predicted molar refractivity (Wildman–Crippen MR) is 81.2 cm³/mol. The van der Waals surface area contributed by atoms with Gasteiger partial charge in [-0.2, -0.15) is 0 Å². The normalized spacial score (nSPS) is 12.0. The van der Waals surface area contributed by atoms with Crippen molar-refractivity contribution in [1.29, 1.82) is 0 Å². The lowest BCUT2D eigenvalue weighted by atomic mass is 10.1. The molecular weight excluding hydrogens is 321 g/mol. The Kier molecular flexibility index (Phi) is 4.55. The molecule has 1 amide bonds. The number of carbonyl (C=O) groups excluding carboxylic acids is 1. The Morgan fingerprint density at radius 2 is 1.95 bits per heavy atom. The number of benzene rings is 2. The molecule has 0 aliphatic rings. The molecule has 0 aliphatic heterocycles. The second kappa shape index (κ2) is 6.18. The molecule has 1 N–H and O–H groups in total. The van der Waals surface area contributed by atoms with Crippen LogP contribution >= 0.6 is 15.9 Å². The van der Waals surface area contributed by atoms with Gasteiger partial charge in [-0.25, -0.2) is 4.39 Å². The summed E-state index contributed by atoms with van der Waals surface area (Å²) < 4.78 is 14.5. The highest BCUT2D eigenvalue weighted by Crippen LogP contribution is 2.19. The highest BCUT2D eigenvalue weighted by Gasteiger charge is 2.14. The van der Waals surface area contributed by atoms with Gasteiger partial charge in [-0.3, -0.25) is 4.79 Å².